The van der Waals surface area contributed by atoms with Crippen molar-refractivity contribution in [2.24, 2.45) is 11.8 Å². The van der Waals surface area contributed by atoms with Crippen LogP contribution in [0.1, 0.15) is 57.8 Å². The lowest BCUT2D eigenvalue weighted by atomic mass is 9.69. The predicted molar refractivity (Wildman–Crippen MR) is 77.9 cm³/mol. The molecular weight excluding hydrogens is 258 g/mol. The van der Waals surface area contributed by atoms with Crippen molar-refractivity contribution in [2.45, 2.75) is 69.9 Å². The van der Waals surface area contributed by atoms with Gasteiger partial charge in [-0.1, -0.05) is 25.7 Å². The summed E-state index contributed by atoms with van der Waals surface area (Å²) in [4.78, 5) is 0. The van der Waals surface area contributed by atoms with E-state index in [1.165, 1.54) is 44.9 Å². The van der Waals surface area contributed by atoms with E-state index in [-0.39, 0.29) is 0 Å². The summed E-state index contributed by atoms with van der Waals surface area (Å²) >= 11 is 0. The molecule has 3 aliphatic rings. The first-order valence-electron chi connectivity index (χ1n) is 8.09. The van der Waals surface area contributed by atoms with Crippen LogP contribution < -0.4 is 5.32 Å². The Hall–Kier alpha value is -0.0900. The summed E-state index contributed by atoms with van der Waals surface area (Å²) in [7, 11) is -2.72. The van der Waals surface area contributed by atoms with Crippen LogP contribution in [0.4, 0.5) is 0 Å². The van der Waals surface area contributed by atoms with Gasteiger partial charge >= 0.3 is 0 Å². The van der Waals surface area contributed by atoms with Crippen molar-refractivity contribution in [3.05, 3.63) is 0 Å². The highest BCUT2D eigenvalue weighted by atomic mass is 32.2. The van der Waals surface area contributed by atoms with Gasteiger partial charge in [-0.05, 0) is 43.9 Å². The third-order valence-electron chi connectivity index (χ3n) is 5.57. The van der Waals surface area contributed by atoms with Crippen molar-refractivity contribution in [3.8, 4) is 0 Å². The van der Waals surface area contributed by atoms with Crippen LogP contribution in [0.25, 0.3) is 0 Å². The first-order chi connectivity index (χ1) is 9.12. The molecule has 4 heteroatoms. The minimum atomic E-state index is -2.72. The van der Waals surface area contributed by atoms with Crippen LogP contribution in [0.5, 0.6) is 0 Å². The van der Waals surface area contributed by atoms with Crippen LogP contribution in [0.2, 0.25) is 0 Å². The molecule has 0 bridgehead atoms. The quantitative estimate of drug-likeness (QED) is 0.848. The molecule has 0 amide bonds. The Balaban J connectivity index is 1.48. The smallest absolute Gasteiger partial charge is 0.150 e. The summed E-state index contributed by atoms with van der Waals surface area (Å²) in [5, 5.41) is 3.76. The van der Waals surface area contributed by atoms with E-state index in [1.54, 1.807) is 0 Å². The van der Waals surface area contributed by atoms with Crippen molar-refractivity contribution >= 4 is 9.84 Å². The summed E-state index contributed by atoms with van der Waals surface area (Å²) < 4.78 is 22.9. The minimum absolute atomic E-state index is 0.392. The maximum atomic E-state index is 11.4. The van der Waals surface area contributed by atoms with Gasteiger partial charge in [0.25, 0.3) is 0 Å². The predicted octanol–water partition coefficient (Wildman–Crippen LogP) is 2.51. The monoisotopic (exact) mass is 285 g/mol. The molecule has 0 aromatic rings. The van der Waals surface area contributed by atoms with Crippen molar-refractivity contribution < 1.29 is 8.42 Å². The Bertz CT molecular complexity index is 392. The van der Waals surface area contributed by atoms with Gasteiger partial charge in [-0.25, -0.2) is 8.42 Å². The van der Waals surface area contributed by atoms with E-state index in [9.17, 15) is 8.42 Å². The number of hydrogen-bond donors (Lipinski definition) is 1. The average molecular weight is 285 g/mol. The van der Waals surface area contributed by atoms with Gasteiger partial charge < -0.3 is 5.32 Å². The topological polar surface area (TPSA) is 46.2 Å². The molecule has 0 spiro atoms. The minimum Gasteiger partial charge on any atom is -0.311 e. The fraction of sp³-hybridized carbons (Fsp3) is 1.00. The lowest BCUT2D eigenvalue weighted by molar-refractivity contribution is 0.137. The van der Waals surface area contributed by atoms with Gasteiger partial charge in [0.15, 0.2) is 0 Å². The summed E-state index contributed by atoms with van der Waals surface area (Å²) in [5.41, 5.74) is 0. The molecule has 3 rings (SSSR count). The molecule has 1 heterocycles. The van der Waals surface area contributed by atoms with Gasteiger partial charge in [-0.3, -0.25) is 0 Å². The molecule has 3 nitrogen and oxygen atoms in total. The van der Waals surface area contributed by atoms with Crippen LogP contribution in [0.3, 0.4) is 0 Å². The highest BCUT2D eigenvalue weighted by Crippen LogP contribution is 2.40. The second-order valence-electron chi connectivity index (χ2n) is 6.91. The van der Waals surface area contributed by atoms with Gasteiger partial charge in [0, 0.05) is 12.1 Å². The fourth-order valence-corrected chi connectivity index (χ4v) is 5.91. The summed E-state index contributed by atoms with van der Waals surface area (Å²) in [6.45, 7) is 0. The number of fused-ring (bicyclic) bond motifs is 1. The van der Waals surface area contributed by atoms with Crippen LogP contribution in [-0.2, 0) is 9.84 Å². The van der Waals surface area contributed by atoms with Crippen LogP contribution in [-0.4, -0.2) is 32.0 Å². The molecule has 1 saturated heterocycles. The van der Waals surface area contributed by atoms with Gasteiger partial charge in [-0.15, -0.1) is 0 Å². The Labute approximate surface area is 117 Å². The molecule has 0 radical (unpaired) electrons. The zero-order valence-electron chi connectivity index (χ0n) is 11.8. The Morgan fingerprint density at radius 3 is 2.16 bits per heavy atom. The third-order valence-corrected chi connectivity index (χ3v) is 7.28. The molecule has 1 N–H and O–H groups in total. The zero-order valence-corrected chi connectivity index (χ0v) is 12.6. The molecule has 0 aromatic carbocycles. The highest BCUT2D eigenvalue weighted by Gasteiger charge is 2.33. The zero-order chi connectivity index (χ0) is 13.3. The van der Waals surface area contributed by atoms with Crippen molar-refractivity contribution in [2.75, 3.05) is 11.5 Å². The SMILES string of the molecule is O=S1(=O)CCC(NC2CCC3CCCCC3C2)CC1. The molecule has 110 valence electrons. The second-order valence-corrected chi connectivity index (χ2v) is 9.21. The first-order valence-corrected chi connectivity index (χ1v) is 9.91. The van der Waals surface area contributed by atoms with Crippen LogP contribution >= 0.6 is 0 Å². The number of sulfone groups is 1. The van der Waals surface area contributed by atoms with E-state index >= 15 is 0 Å². The van der Waals surface area contributed by atoms with E-state index in [2.05, 4.69) is 5.32 Å². The molecule has 2 aliphatic carbocycles. The Morgan fingerprint density at radius 1 is 0.737 bits per heavy atom. The number of rotatable bonds is 2. The number of nitrogens with one attached hydrogen (secondary N) is 1. The first kappa shape index (κ1) is 13.9. The molecule has 2 saturated carbocycles. The maximum absolute atomic E-state index is 11.4. The van der Waals surface area contributed by atoms with Gasteiger partial charge in [-0.2, -0.15) is 0 Å². The van der Waals surface area contributed by atoms with E-state index in [1.807, 2.05) is 0 Å². The normalized spacial score (nSPS) is 39.7. The molecule has 1 aliphatic heterocycles. The van der Waals surface area contributed by atoms with Crippen LogP contribution in [0, 0.1) is 11.8 Å². The second kappa shape index (κ2) is 5.72. The fourth-order valence-electron chi connectivity index (χ4n) is 4.41. The standard InChI is InChI=1S/C15H27NO2S/c17-19(18)9-7-14(8-10-19)16-15-6-5-12-3-1-2-4-13(12)11-15/h12-16H,1-11H2. The van der Waals surface area contributed by atoms with Gasteiger partial charge in [0.1, 0.15) is 9.84 Å². The third kappa shape index (κ3) is 3.52. The van der Waals surface area contributed by atoms with E-state index < -0.39 is 9.84 Å². The largest absolute Gasteiger partial charge is 0.311 e. The van der Waals surface area contributed by atoms with Gasteiger partial charge in [0.05, 0.1) is 11.5 Å². The van der Waals surface area contributed by atoms with Crippen LogP contribution in [0.15, 0.2) is 0 Å². The lowest BCUT2D eigenvalue weighted by Crippen LogP contribution is -2.46. The Kier molecular flexibility index (Phi) is 4.18. The summed E-state index contributed by atoms with van der Waals surface area (Å²) in [6.07, 6.45) is 11.5. The highest BCUT2D eigenvalue weighted by molar-refractivity contribution is 7.91. The Morgan fingerprint density at radius 2 is 1.42 bits per heavy atom. The number of hydrogen-bond acceptors (Lipinski definition) is 3. The summed E-state index contributed by atoms with van der Waals surface area (Å²) in [6, 6.07) is 1.11. The van der Waals surface area contributed by atoms with Crippen molar-refractivity contribution in [1.29, 1.82) is 0 Å². The lowest BCUT2D eigenvalue weighted by Gasteiger charge is -2.41. The molecular formula is C15H27NO2S. The molecule has 3 fully saturated rings. The van der Waals surface area contributed by atoms with Crippen molar-refractivity contribution in [3.63, 3.8) is 0 Å². The van der Waals surface area contributed by atoms with E-state index in [0.717, 1.165) is 24.7 Å². The summed E-state index contributed by atoms with van der Waals surface area (Å²) in [5.74, 6) is 2.73. The van der Waals surface area contributed by atoms with Crippen molar-refractivity contribution in [1.82, 2.24) is 5.32 Å². The maximum Gasteiger partial charge on any atom is 0.150 e. The van der Waals surface area contributed by atoms with Gasteiger partial charge in [0.2, 0.25) is 0 Å². The molecule has 0 aromatic heterocycles. The van der Waals surface area contributed by atoms with E-state index in [4.69, 9.17) is 0 Å². The van der Waals surface area contributed by atoms with E-state index in [0.29, 0.717) is 23.6 Å². The molecule has 19 heavy (non-hydrogen) atoms. The average Bonchev–Trinajstić information content (AvgIpc) is 2.41. The molecule has 3 atom stereocenters. The molecule has 3 unspecified atom stereocenters.